The van der Waals surface area contributed by atoms with Gasteiger partial charge in [0, 0.05) is 11.6 Å². The number of nitrogens with two attached hydrogens (primary N) is 1. The Morgan fingerprint density at radius 1 is 1.15 bits per heavy atom. The molecule has 2 nitrogen and oxygen atoms in total. The van der Waals surface area contributed by atoms with Crippen molar-refractivity contribution in [1.29, 1.82) is 0 Å². The van der Waals surface area contributed by atoms with Crippen molar-refractivity contribution in [2.45, 2.75) is 32.7 Å². The minimum Gasteiger partial charge on any atom is -0.496 e. The summed E-state index contributed by atoms with van der Waals surface area (Å²) in [6.07, 6.45) is 2.14. The van der Waals surface area contributed by atoms with Gasteiger partial charge in [0.05, 0.1) is 7.11 Å². The highest BCUT2D eigenvalue weighted by atomic mass is 16.5. The molecule has 0 aliphatic heterocycles. The first-order valence-electron chi connectivity index (χ1n) is 7.14. The maximum Gasteiger partial charge on any atom is 0.129 e. The van der Waals surface area contributed by atoms with Crippen LogP contribution >= 0.6 is 0 Å². The summed E-state index contributed by atoms with van der Waals surface area (Å²) in [5, 5.41) is 0. The Morgan fingerprint density at radius 3 is 2.70 bits per heavy atom. The third-order valence-corrected chi connectivity index (χ3v) is 4.46. The largest absolute Gasteiger partial charge is 0.496 e. The zero-order valence-corrected chi connectivity index (χ0v) is 12.4. The van der Waals surface area contributed by atoms with E-state index >= 15 is 0 Å². The number of methoxy groups -OCH3 is 1. The third-order valence-electron chi connectivity index (χ3n) is 4.46. The van der Waals surface area contributed by atoms with Crippen molar-refractivity contribution in [1.82, 2.24) is 0 Å². The predicted molar refractivity (Wildman–Crippen MR) is 83.2 cm³/mol. The summed E-state index contributed by atoms with van der Waals surface area (Å²) in [4.78, 5) is 0. The van der Waals surface area contributed by atoms with Crippen molar-refractivity contribution in [2.24, 2.45) is 5.73 Å². The van der Waals surface area contributed by atoms with Gasteiger partial charge in [-0.2, -0.15) is 0 Å². The lowest BCUT2D eigenvalue weighted by atomic mass is 9.96. The zero-order valence-electron chi connectivity index (χ0n) is 12.4. The van der Waals surface area contributed by atoms with Crippen molar-refractivity contribution in [2.75, 3.05) is 7.11 Å². The molecular formula is C18H21NO. The summed E-state index contributed by atoms with van der Waals surface area (Å²) in [6.45, 7) is 4.23. The van der Waals surface area contributed by atoms with Crippen LogP contribution in [0.1, 0.15) is 34.7 Å². The number of hydrogen-bond donors (Lipinski definition) is 1. The van der Waals surface area contributed by atoms with E-state index in [1.54, 1.807) is 7.11 Å². The standard InChI is InChI=1S/C18H21NO/c1-11-4-7-16(18(20-3)12(11)2)14-5-8-15-13(10-14)6-9-17(15)19/h4-5,7-8,10,17H,6,9,19H2,1-3H3. The number of fused-ring (bicyclic) bond motifs is 1. The Balaban J connectivity index is 2.13. The molecule has 0 aromatic heterocycles. The highest BCUT2D eigenvalue weighted by Crippen LogP contribution is 2.38. The smallest absolute Gasteiger partial charge is 0.129 e. The van der Waals surface area contributed by atoms with E-state index in [1.165, 1.54) is 33.4 Å². The molecule has 0 amide bonds. The first-order valence-corrected chi connectivity index (χ1v) is 7.14. The lowest BCUT2D eigenvalue weighted by molar-refractivity contribution is 0.413. The molecule has 1 unspecified atom stereocenters. The van der Waals surface area contributed by atoms with Gasteiger partial charge in [0.1, 0.15) is 5.75 Å². The third kappa shape index (κ3) is 2.01. The topological polar surface area (TPSA) is 35.2 Å². The zero-order chi connectivity index (χ0) is 14.3. The van der Waals surface area contributed by atoms with E-state index in [9.17, 15) is 0 Å². The van der Waals surface area contributed by atoms with Crippen molar-refractivity contribution in [3.05, 3.63) is 52.6 Å². The van der Waals surface area contributed by atoms with Gasteiger partial charge in [-0.25, -0.2) is 0 Å². The van der Waals surface area contributed by atoms with Crippen LogP contribution in [0.4, 0.5) is 0 Å². The normalized spacial score (nSPS) is 17.1. The molecule has 0 saturated carbocycles. The lowest BCUT2D eigenvalue weighted by Crippen LogP contribution is -2.04. The fourth-order valence-corrected chi connectivity index (χ4v) is 3.10. The molecule has 1 aliphatic carbocycles. The van der Waals surface area contributed by atoms with E-state index in [4.69, 9.17) is 10.5 Å². The van der Waals surface area contributed by atoms with E-state index in [-0.39, 0.29) is 6.04 Å². The average Bonchev–Trinajstić information content (AvgIpc) is 2.82. The molecule has 1 aliphatic rings. The molecule has 104 valence electrons. The highest BCUT2D eigenvalue weighted by molar-refractivity contribution is 5.74. The van der Waals surface area contributed by atoms with Gasteiger partial charge in [-0.3, -0.25) is 0 Å². The number of aryl methyl sites for hydroxylation is 2. The van der Waals surface area contributed by atoms with Crippen LogP contribution in [0.15, 0.2) is 30.3 Å². The van der Waals surface area contributed by atoms with Gasteiger partial charge in [0.25, 0.3) is 0 Å². The van der Waals surface area contributed by atoms with Crippen molar-refractivity contribution in [3.8, 4) is 16.9 Å². The molecule has 0 radical (unpaired) electrons. The second kappa shape index (κ2) is 4.95. The fourth-order valence-electron chi connectivity index (χ4n) is 3.10. The number of rotatable bonds is 2. The van der Waals surface area contributed by atoms with Gasteiger partial charge in [0.15, 0.2) is 0 Å². The van der Waals surface area contributed by atoms with Crippen LogP contribution in [0.2, 0.25) is 0 Å². The summed E-state index contributed by atoms with van der Waals surface area (Å²) < 4.78 is 5.63. The Hall–Kier alpha value is -1.80. The first kappa shape index (κ1) is 13.2. The van der Waals surface area contributed by atoms with Crippen LogP contribution in [0.5, 0.6) is 5.75 Å². The molecule has 0 bridgehead atoms. The van der Waals surface area contributed by atoms with Crippen molar-refractivity contribution < 1.29 is 4.74 Å². The predicted octanol–water partition coefficient (Wildman–Crippen LogP) is 3.93. The molecule has 2 aromatic rings. The Labute approximate surface area is 120 Å². The lowest BCUT2D eigenvalue weighted by Gasteiger charge is -2.15. The average molecular weight is 267 g/mol. The maximum absolute atomic E-state index is 6.11. The second-order valence-electron chi connectivity index (χ2n) is 5.65. The van der Waals surface area contributed by atoms with Gasteiger partial charge in [-0.1, -0.05) is 30.3 Å². The summed E-state index contributed by atoms with van der Waals surface area (Å²) in [5.74, 6) is 0.979. The molecule has 0 fully saturated rings. The molecule has 2 N–H and O–H groups in total. The van der Waals surface area contributed by atoms with Crippen LogP contribution in [-0.2, 0) is 6.42 Å². The van der Waals surface area contributed by atoms with Crippen LogP contribution in [0.25, 0.3) is 11.1 Å². The molecule has 2 aromatic carbocycles. The first-order chi connectivity index (χ1) is 9.61. The van der Waals surface area contributed by atoms with Gasteiger partial charge in [-0.15, -0.1) is 0 Å². The van der Waals surface area contributed by atoms with E-state index in [0.29, 0.717) is 0 Å². The highest BCUT2D eigenvalue weighted by Gasteiger charge is 2.20. The van der Waals surface area contributed by atoms with Gasteiger partial charge < -0.3 is 10.5 Å². The Bertz CT molecular complexity index is 661. The monoisotopic (exact) mass is 267 g/mol. The van der Waals surface area contributed by atoms with Crippen LogP contribution in [0, 0.1) is 13.8 Å². The van der Waals surface area contributed by atoms with Gasteiger partial charge in [0.2, 0.25) is 0 Å². The summed E-state index contributed by atoms with van der Waals surface area (Å²) in [5.41, 5.74) is 13.7. The molecule has 20 heavy (non-hydrogen) atoms. The number of benzene rings is 2. The molecule has 0 saturated heterocycles. The van der Waals surface area contributed by atoms with E-state index in [1.807, 2.05) is 0 Å². The van der Waals surface area contributed by atoms with Gasteiger partial charge in [-0.05, 0) is 54.5 Å². The van der Waals surface area contributed by atoms with Crippen LogP contribution in [0.3, 0.4) is 0 Å². The Morgan fingerprint density at radius 2 is 1.95 bits per heavy atom. The molecule has 1 atom stereocenters. The van der Waals surface area contributed by atoms with Gasteiger partial charge >= 0.3 is 0 Å². The van der Waals surface area contributed by atoms with Crippen LogP contribution in [-0.4, -0.2) is 7.11 Å². The maximum atomic E-state index is 6.11. The van der Waals surface area contributed by atoms with E-state index in [2.05, 4.69) is 44.2 Å². The quantitative estimate of drug-likeness (QED) is 0.895. The van der Waals surface area contributed by atoms with Crippen LogP contribution < -0.4 is 10.5 Å². The van der Waals surface area contributed by atoms with Crippen molar-refractivity contribution >= 4 is 0 Å². The SMILES string of the molecule is COc1c(-c2ccc3c(c2)CCC3N)ccc(C)c1C. The summed E-state index contributed by atoms with van der Waals surface area (Å²) in [6, 6.07) is 11.1. The van der Waals surface area contributed by atoms with E-state index < -0.39 is 0 Å². The minimum absolute atomic E-state index is 0.209. The number of hydrogen-bond acceptors (Lipinski definition) is 2. The molecule has 0 spiro atoms. The van der Waals surface area contributed by atoms with Crippen molar-refractivity contribution in [3.63, 3.8) is 0 Å². The molecular weight excluding hydrogens is 246 g/mol. The number of ether oxygens (including phenoxy) is 1. The molecule has 3 rings (SSSR count). The summed E-state index contributed by atoms with van der Waals surface area (Å²) in [7, 11) is 1.74. The minimum atomic E-state index is 0.209. The summed E-state index contributed by atoms with van der Waals surface area (Å²) >= 11 is 0. The second-order valence-corrected chi connectivity index (χ2v) is 5.65. The molecule has 0 heterocycles. The fraction of sp³-hybridized carbons (Fsp3) is 0.333. The van der Waals surface area contributed by atoms with E-state index in [0.717, 1.165) is 18.6 Å². The molecule has 2 heteroatoms. The Kier molecular flexibility index (Phi) is 3.27.